The second-order valence-corrected chi connectivity index (χ2v) is 4.48. The minimum Gasteiger partial charge on any atom is -0.336 e. The number of aromatic nitrogens is 1. The fraction of sp³-hybridized carbons (Fsp3) is 0.500. The maximum absolute atomic E-state index is 11.8. The van der Waals surface area contributed by atoms with E-state index in [1.54, 1.807) is 10.4 Å². The van der Waals surface area contributed by atoms with Crippen LogP contribution < -0.4 is 5.73 Å². The third-order valence-corrected chi connectivity index (χ3v) is 3.44. The van der Waals surface area contributed by atoms with Crippen LogP contribution in [0, 0.1) is 0 Å². The molecule has 1 aromatic heterocycles. The average molecular weight is 268 g/mol. The predicted octanol–water partition coefficient (Wildman–Crippen LogP) is 1.39. The second kappa shape index (κ2) is 5.12. The number of hydrogen-bond donors (Lipinski definition) is 1. The van der Waals surface area contributed by atoms with Gasteiger partial charge in [0.2, 0.25) is 0 Å². The number of halogens is 2. The van der Waals surface area contributed by atoms with Crippen LogP contribution in [-0.2, 0) is 0 Å². The molecule has 4 nitrogen and oxygen atoms in total. The molecular weight excluding hydrogens is 257 g/mol. The number of hydrogen-bond acceptors (Lipinski definition) is 4. The van der Waals surface area contributed by atoms with Crippen molar-refractivity contribution in [3.05, 3.63) is 15.5 Å². The monoisotopic (exact) mass is 267 g/mol. The van der Waals surface area contributed by atoms with Gasteiger partial charge in [-0.15, -0.1) is 23.7 Å². The van der Waals surface area contributed by atoms with Gasteiger partial charge in [0.05, 0.1) is 5.51 Å². The molecule has 0 aromatic carbocycles. The van der Waals surface area contributed by atoms with Crippen LogP contribution >= 0.6 is 35.3 Å². The minimum atomic E-state index is -0.0505. The number of thiazole rings is 1. The van der Waals surface area contributed by atoms with Crippen molar-refractivity contribution in [1.29, 1.82) is 0 Å². The maximum atomic E-state index is 11.8. The summed E-state index contributed by atoms with van der Waals surface area (Å²) in [6.45, 7) is 1.33. The van der Waals surface area contributed by atoms with Crippen LogP contribution in [0.5, 0.6) is 0 Å². The lowest BCUT2D eigenvalue weighted by Gasteiger charge is -2.14. The minimum absolute atomic E-state index is 0. The van der Waals surface area contributed by atoms with Crippen molar-refractivity contribution in [2.24, 2.45) is 5.73 Å². The first kappa shape index (κ1) is 12.7. The van der Waals surface area contributed by atoms with Gasteiger partial charge in [0.1, 0.15) is 4.88 Å². The van der Waals surface area contributed by atoms with Crippen LogP contribution in [0.25, 0.3) is 0 Å². The largest absolute Gasteiger partial charge is 0.336 e. The van der Waals surface area contributed by atoms with Crippen LogP contribution in [0.1, 0.15) is 16.1 Å². The Labute approximate surface area is 103 Å². The van der Waals surface area contributed by atoms with Gasteiger partial charge in [0, 0.05) is 19.1 Å². The quantitative estimate of drug-likeness (QED) is 0.837. The SMILES string of the molecule is Cl.N[C@@H]1CCN(C(=O)c2scnc2Cl)C1. The highest BCUT2D eigenvalue weighted by molar-refractivity contribution is 7.12. The van der Waals surface area contributed by atoms with Crippen molar-refractivity contribution in [3.8, 4) is 0 Å². The van der Waals surface area contributed by atoms with Gasteiger partial charge in [-0.1, -0.05) is 11.6 Å². The van der Waals surface area contributed by atoms with Crippen LogP contribution in [0.3, 0.4) is 0 Å². The number of carbonyl (C=O) groups excluding carboxylic acids is 1. The molecule has 0 saturated carbocycles. The molecule has 1 amide bonds. The van der Waals surface area contributed by atoms with E-state index in [0.717, 1.165) is 6.42 Å². The van der Waals surface area contributed by atoms with Crippen molar-refractivity contribution in [2.45, 2.75) is 12.5 Å². The van der Waals surface area contributed by atoms with Crippen molar-refractivity contribution < 1.29 is 4.79 Å². The first-order chi connectivity index (χ1) is 6.68. The summed E-state index contributed by atoms with van der Waals surface area (Å²) in [5.41, 5.74) is 7.29. The van der Waals surface area contributed by atoms with E-state index < -0.39 is 0 Å². The van der Waals surface area contributed by atoms with Crippen molar-refractivity contribution >= 4 is 41.3 Å². The Balaban J connectivity index is 0.00000112. The Morgan fingerprint density at radius 2 is 2.47 bits per heavy atom. The zero-order valence-corrected chi connectivity index (χ0v) is 10.2. The van der Waals surface area contributed by atoms with Gasteiger partial charge in [0.25, 0.3) is 5.91 Å². The van der Waals surface area contributed by atoms with Gasteiger partial charge in [-0.2, -0.15) is 0 Å². The molecule has 1 atom stereocenters. The van der Waals surface area contributed by atoms with E-state index in [1.165, 1.54) is 11.3 Å². The smallest absolute Gasteiger partial charge is 0.267 e. The molecule has 2 N–H and O–H groups in total. The molecule has 0 radical (unpaired) electrons. The fourth-order valence-electron chi connectivity index (χ4n) is 1.49. The van der Waals surface area contributed by atoms with Crippen molar-refractivity contribution in [3.63, 3.8) is 0 Å². The summed E-state index contributed by atoms with van der Waals surface area (Å²) in [5, 5.41) is 0.292. The lowest BCUT2D eigenvalue weighted by Crippen LogP contribution is -2.31. The summed E-state index contributed by atoms with van der Waals surface area (Å²) in [7, 11) is 0. The molecule has 2 heterocycles. The van der Waals surface area contributed by atoms with Gasteiger partial charge < -0.3 is 10.6 Å². The van der Waals surface area contributed by atoms with Crippen LogP contribution in [-0.4, -0.2) is 34.9 Å². The normalized spacial score (nSPS) is 20.1. The van der Waals surface area contributed by atoms with Crippen LogP contribution in [0.2, 0.25) is 5.15 Å². The van der Waals surface area contributed by atoms with E-state index in [0.29, 0.717) is 23.1 Å². The first-order valence-electron chi connectivity index (χ1n) is 4.32. The molecule has 0 spiro atoms. The first-order valence-corrected chi connectivity index (χ1v) is 5.58. The average Bonchev–Trinajstić information content (AvgIpc) is 2.73. The van der Waals surface area contributed by atoms with Gasteiger partial charge >= 0.3 is 0 Å². The molecular formula is C8H11Cl2N3OS. The Kier molecular flexibility index (Phi) is 4.33. The van der Waals surface area contributed by atoms with Gasteiger partial charge in [-0.05, 0) is 6.42 Å². The summed E-state index contributed by atoms with van der Waals surface area (Å²) in [6, 6.07) is 0.102. The number of likely N-dealkylation sites (tertiary alicyclic amines) is 1. The molecule has 0 bridgehead atoms. The molecule has 0 aliphatic carbocycles. The third-order valence-electron chi connectivity index (χ3n) is 2.23. The van der Waals surface area contributed by atoms with Gasteiger partial charge in [-0.25, -0.2) is 4.98 Å². The number of rotatable bonds is 1. The highest BCUT2D eigenvalue weighted by atomic mass is 35.5. The summed E-state index contributed by atoms with van der Waals surface area (Å²) in [4.78, 5) is 17.9. The molecule has 1 fully saturated rings. The topological polar surface area (TPSA) is 59.2 Å². The van der Waals surface area contributed by atoms with E-state index >= 15 is 0 Å². The molecule has 1 aliphatic heterocycles. The zero-order valence-electron chi connectivity index (χ0n) is 7.85. The van der Waals surface area contributed by atoms with Crippen molar-refractivity contribution in [2.75, 3.05) is 13.1 Å². The summed E-state index contributed by atoms with van der Waals surface area (Å²) >= 11 is 7.04. The maximum Gasteiger partial charge on any atom is 0.267 e. The number of carbonyl (C=O) groups is 1. The molecule has 1 aromatic rings. The standard InChI is InChI=1S/C8H10ClN3OS.ClH/c9-7-6(14-4-11-7)8(13)12-2-1-5(10)3-12;/h4-5H,1-3,10H2;1H/t5-;/m1./s1. The molecule has 2 rings (SSSR count). The Bertz CT molecular complexity index is 357. The van der Waals surface area contributed by atoms with E-state index in [-0.39, 0.29) is 24.4 Å². The molecule has 0 unspecified atom stereocenters. The lowest BCUT2D eigenvalue weighted by molar-refractivity contribution is 0.0795. The van der Waals surface area contributed by atoms with Gasteiger partial charge in [-0.3, -0.25) is 4.79 Å². The van der Waals surface area contributed by atoms with E-state index in [9.17, 15) is 4.79 Å². The Morgan fingerprint density at radius 1 is 1.73 bits per heavy atom. The second-order valence-electron chi connectivity index (χ2n) is 3.27. The van der Waals surface area contributed by atoms with E-state index in [4.69, 9.17) is 17.3 Å². The number of nitrogens with two attached hydrogens (primary N) is 1. The molecule has 1 aliphatic rings. The molecule has 1 saturated heterocycles. The number of nitrogens with zero attached hydrogens (tertiary/aromatic N) is 2. The molecule has 15 heavy (non-hydrogen) atoms. The fourth-order valence-corrected chi connectivity index (χ4v) is 2.45. The highest BCUT2D eigenvalue weighted by Gasteiger charge is 2.26. The zero-order chi connectivity index (χ0) is 10.1. The molecule has 84 valence electrons. The van der Waals surface area contributed by atoms with Gasteiger partial charge in [0.15, 0.2) is 5.15 Å². The predicted molar refractivity (Wildman–Crippen MR) is 62.9 cm³/mol. The molecule has 7 heteroatoms. The summed E-state index contributed by atoms with van der Waals surface area (Å²) < 4.78 is 0. The number of amides is 1. The Hall–Kier alpha value is -0.360. The van der Waals surface area contributed by atoms with E-state index in [1.807, 2.05) is 0 Å². The third kappa shape index (κ3) is 2.60. The lowest BCUT2D eigenvalue weighted by atomic mass is 10.3. The van der Waals surface area contributed by atoms with Crippen molar-refractivity contribution in [1.82, 2.24) is 9.88 Å². The summed E-state index contributed by atoms with van der Waals surface area (Å²) in [6.07, 6.45) is 0.863. The van der Waals surface area contributed by atoms with Crippen LogP contribution in [0.15, 0.2) is 5.51 Å². The van der Waals surface area contributed by atoms with E-state index in [2.05, 4.69) is 4.98 Å². The summed E-state index contributed by atoms with van der Waals surface area (Å²) in [5.74, 6) is -0.0505. The highest BCUT2D eigenvalue weighted by Crippen LogP contribution is 2.22. The Morgan fingerprint density at radius 3 is 2.93 bits per heavy atom. The van der Waals surface area contributed by atoms with Crippen LogP contribution in [0.4, 0.5) is 0 Å².